The van der Waals surface area contributed by atoms with Crippen LogP contribution in [0.15, 0.2) is 140 Å². The number of para-hydroxylation sites is 1. The molecule has 0 saturated heterocycles. The molecule has 10 aromatic rings. The molecule has 0 aliphatic rings. The third-order valence-electron chi connectivity index (χ3n) is 8.95. The van der Waals surface area contributed by atoms with E-state index >= 15 is 0 Å². The molecule has 0 spiro atoms. The van der Waals surface area contributed by atoms with Crippen molar-refractivity contribution in [2.45, 2.75) is 0 Å². The summed E-state index contributed by atoms with van der Waals surface area (Å²) in [5.74, 6) is 0.847. The monoisotopic (exact) mass is 577 g/mol. The molecule has 0 saturated carbocycles. The molecule has 0 aliphatic carbocycles. The summed E-state index contributed by atoms with van der Waals surface area (Å²) in [7, 11) is 0. The number of thiophene rings is 1. The minimum absolute atomic E-state index is 0.847. The van der Waals surface area contributed by atoms with Crippen LogP contribution in [0.25, 0.3) is 91.6 Å². The van der Waals surface area contributed by atoms with Gasteiger partial charge in [-0.25, -0.2) is 9.97 Å². The average molecular weight is 578 g/mol. The molecule has 0 unspecified atom stereocenters. The first-order valence-electron chi connectivity index (χ1n) is 14.9. The van der Waals surface area contributed by atoms with Crippen LogP contribution in [0, 0.1) is 0 Å². The lowest BCUT2D eigenvalue weighted by Crippen LogP contribution is -2.04. The average Bonchev–Trinajstić information content (AvgIpc) is 3.65. The Hall–Kier alpha value is -5.58. The maximum atomic E-state index is 5.57. The summed E-state index contributed by atoms with van der Waals surface area (Å²) in [6.45, 7) is 0. The normalized spacial score (nSPS) is 12.1. The Balaban J connectivity index is 1.49. The second-order valence-electron chi connectivity index (χ2n) is 11.3. The number of hydrogen-bond donors (Lipinski definition) is 0. The summed E-state index contributed by atoms with van der Waals surface area (Å²) in [5, 5.41) is 9.89. The Labute approximate surface area is 256 Å². The summed E-state index contributed by atoms with van der Waals surface area (Å²) >= 11 is 1.87. The van der Waals surface area contributed by atoms with Crippen molar-refractivity contribution in [2.24, 2.45) is 0 Å². The molecule has 0 aliphatic heterocycles. The first kappa shape index (κ1) is 23.9. The molecule has 10 rings (SSSR count). The molecular formula is C40H23N3S. The highest BCUT2D eigenvalue weighted by Gasteiger charge is 2.24. The molecule has 3 nitrogen and oxygen atoms in total. The van der Waals surface area contributed by atoms with Gasteiger partial charge in [-0.05, 0) is 34.4 Å². The van der Waals surface area contributed by atoms with E-state index in [9.17, 15) is 0 Å². The number of nitrogens with zero attached hydrogens (tertiary/aromatic N) is 3. The fourth-order valence-corrected chi connectivity index (χ4v) is 8.33. The highest BCUT2D eigenvalue weighted by atomic mass is 32.1. The van der Waals surface area contributed by atoms with Gasteiger partial charge in [0.15, 0.2) is 5.82 Å². The van der Waals surface area contributed by atoms with Crippen molar-refractivity contribution in [3.05, 3.63) is 140 Å². The van der Waals surface area contributed by atoms with Gasteiger partial charge in [0.25, 0.3) is 0 Å². The van der Waals surface area contributed by atoms with Gasteiger partial charge in [-0.2, -0.15) is 0 Å². The van der Waals surface area contributed by atoms with Crippen LogP contribution in [-0.2, 0) is 0 Å². The van der Waals surface area contributed by atoms with E-state index in [1.807, 2.05) is 11.3 Å². The van der Waals surface area contributed by atoms with Crippen LogP contribution in [0.3, 0.4) is 0 Å². The fraction of sp³-hybridized carbons (Fsp3) is 0. The van der Waals surface area contributed by atoms with Crippen LogP contribution in [0.5, 0.6) is 0 Å². The van der Waals surface area contributed by atoms with E-state index in [1.54, 1.807) is 0 Å². The third kappa shape index (κ3) is 3.20. The quantitative estimate of drug-likeness (QED) is 0.191. The van der Waals surface area contributed by atoms with E-state index in [0.717, 1.165) is 44.4 Å². The van der Waals surface area contributed by atoms with E-state index in [2.05, 4.69) is 144 Å². The second kappa shape index (κ2) is 8.96. The van der Waals surface area contributed by atoms with Crippen LogP contribution in [0.2, 0.25) is 0 Å². The van der Waals surface area contributed by atoms with Crippen molar-refractivity contribution in [1.82, 2.24) is 14.5 Å². The van der Waals surface area contributed by atoms with E-state index in [1.165, 1.54) is 47.2 Å². The molecule has 0 N–H and O–H groups in total. The van der Waals surface area contributed by atoms with Gasteiger partial charge in [0.1, 0.15) is 5.69 Å². The van der Waals surface area contributed by atoms with Gasteiger partial charge in [-0.1, -0.05) is 121 Å². The van der Waals surface area contributed by atoms with Crippen molar-refractivity contribution in [3.8, 4) is 17.1 Å². The lowest BCUT2D eigenvalue weighted by atomic mass is 9.99. The van der Waals surface area contributed by atoms with Crippen molar-refractivity contribution >= 4 is 85.9 Å². The predicted octanol–water partition coefficient (Wildman–Crippen LogP) is 11.1. The van der Waals surface area contributed by atoms with E-state index in [-0.39, 0.29) is 0 Å². The lowest BCUT2D eigenvalue weighted by molar-refractivity contribution is 1.09. The number of fused-ring (bicyclic) bond motifs is 13. The smallest absolute Gasteiger partial charge is 0.165 e. The molecule has 0 atom stereocenters. The van der Waals surface area contributed by atoms with Crippen LogP contribution in [0.4, 0.5) is 0 Å². The van der Waals surface area contributed by atoms with E-state index in [4.69, 9.17) is 9.97 Å². The van der Waals surface area contributed by atoms with Gasteiger partial charge in [0.05, 0.1) is 26.8 Å². The number of benzene rings is 7. The molecule has 0 bridgehead atoms. The zero-order valence-corrected chi connectivity index (χ0v) is 24.3. The molecule has 0 radical (unpaired) electrons. The minimum Gasteiger partial charge on any atom is -0.290 e. The minimum atomic E-state index is 0.847. The highest BCUT2D eigenvalue weighted by Crippen LogP contribution is 2.48. The summed E-state index contributed by atoms with van der Waals surface area (Å²) in [5.41, 5.74) is 6.04. The SMILES string of the molecule is c1ccc(-c2nc3ccc4ccccc4c3nc2-n2c3ccccc3c3c4ccccc4c4c5ccccc5sc4c32)cc1. The molecule has 3 heterocycles. The molecule has 204 valence electrons. The number of aromatic nitrogens is 3. The summed E-state index contributed by atoms with van der Waals surface area (Å²) in [4.78, 5) is 10.9. The summed E-state index contributed by atoms with van der Waals surface area (Å²) in [6, 6.07) is 49.6. The Bertz CT molecular complexity index is 2770. The largest absolute Gasteiger partial charge is 0.290 e. The summed E-state index contributed by atoms with van der Waals surface area (Å²) < 4.78 is 4.96. The van der Waals surface area contributed by atoms with E-state index in [0.29, 0.717) is 0 Å². The van der Waals surface area contributed by atoms with Crippen molar-refractivity contribution in [2.75, 3.05) is 0 Å². The molecular weight excluding hydrogens is 555 g/mol. The maximum Gasteiger partial charge on any atom is 0.165 e. The van der Waals surface area contributed by atoms with Crippen LogP contribution in [-0.4, -0.2) is 14.5 Å². The van der Waals surface area contributed by atoms with Crippen LogP contribution < -0.4 is 0 Å². The first-order valence-corrected chi connectivity index (χ1v) is 15.7. The molecule has 3 aromatic heterocycles. The number of rotatable bonds is 2. The summed E-state index contributed by atoms with van der Waals surface area (Å²) in [6.07, 6.45) is 0. The predicted molar refractivity (Wildman–Crippen MR) is 187 cm³/mol. The maximum absolute atomic E-state index is 5.57. The van der Waals surface area contributed by atoms with Gasteiger partial charge in [-0.3, -0.25) is 4.57 Å². The van der Waals surface area contributed by atoms with Crippen molar-refractivity contribution in [3.63, 3.8) is 0 Å². The Morgan fingerprint density at radius 2 is 1.16 bits per heavy atom. The van der Waals surface area contributed by atoms with Crippen molar-refractivity contribution < 1.29 is 0 Å². The third-order valence-corrected chi connectivity index (χ3v) is 10.1. The Kier molecular flexibility index (Phi) is 4.87. The molecule has 44 heavy (non-hydrogen) atoms. The van der Waals surface area contributed by atoms with Gasteiger partial charge < -0.3 is 0 Å². The zero-order chi connectivity index (χ0) is 28.8. The molecule has 0 fully saturated rings. The van der Waals surface area contributed by atoms with E-state index < -0.39 is 0 Å². The molecule has 0 amide bonds. The Morgan fingerprint density at radius 1 is 0.500 bits per heavy atom. The van der Waals surface area contributed by atoms with Crippen LogP contribution >= 0.6 is 11.3 Å². The second-order valence-corrected chi connectivity index (χ2v) is 12.4. The van der Waals surface area contributed by atoms with Gasteiger partial charge in [0.2, 0.25) is 0 Å². The fourth-order valence-electron chi connectivity index (χ4n) is 7.07. The van der Waals surface area contributed by atoms with Gasteiger partial charge in [-0.15, -0.1) is 11.3 Å². The molecule has 4 heteroatoms. The first-order chi connectivity index (χ1) is 21.8. The number of hydrogen-bond acceptors (Lipinski definition) is 3. The zero-order valence-electron chi connectivity index (χ0n) is 23.5. The molecule has 7 aromatic carbocycles. The standard InChI is InChI=1S/C40H23N3S/c1-2-13-25(14-3-1)36-40(42-37-26-15-5-4-12-24(26)22-23-31(37)41-36)43-32-20-10-8-18-29(32)34-27-16-6-7-17-28(27)35-30-19-9-11-21-33(30)44-39(35)38(34)43/h1-23H. The van der Waals surface area contributed by atoms with Gasteiger partial charge >= 0.3 is 0 Å². The Morgan fingerprint density at radius 3 is 2.00 bits per heavy atom. The van der Waals surface area contributed by atoms with Gasteiger partial charge in [0, 0.05) is 37.2 Å². The topological polar surface area (TPSA) is 30.7 Å². The highest BCUT2D eigenvalue weighted by molar-refractivity contribution is 7.27. The lowest BCUT2D eigenvalue weighted by Gasteiger charge is -2.15. The van der Waals surface area contributed by atoms with Crippen LogP contribution in [0.1, 0.15) is 0 Å². The van der Waals surface area contributed by atoms with Crippen molar-refractivity contribution in [1.29, 1.82) is 0 Å².